The van der Waals surface area contributed by atoms with Crippen LogP contribution in [0.25, 0.3) is 0 Å². The van der Waals surface area contributed by atoms with E-state index in [-0.39, 0.29) is 29.4 Å². The molecule has 184 valence electrons. The van der Waals surface area contributed by atoms with Crippen molar-refractivity contribution in [2.45, 2.75) is 39.2 Å². The summed E-state index contributed by atoms with van der Waals surface area (Å²) in [6.45, 7) is 3.49. The van der Waals surface area contributed by atoms with Crippen LogP contribution in [0.1, 0.15) is 33.1 Å². The topological polar surface area (TPSA) is 97.4 Å². The molecule has 9 heteroatoms. The van der Waals surface area contributed by atoms with Gasteiger partial charge < -0.3 is 23.0 Å². The van der Waals surface area contributed by atoms with Gasteiger partial charge in [0, 0.05) is 17.9 Å². The van der Waals surface area contributed by atoms with Crippen molar-refractivity contribution >= 4 is 19.8 Å². The summed E-state index contributed by atoms with van der Waals surface area (Å²) in [6.07, 6.45) is 2.53. The Morgan fingerprint density at radius 1 is 1.00 bits per heavy atom. The second-order valence-corrected chi connectivity index (χ2v) is 9.56. The molecule has 8 nitrogen and oxygen atoms in total. The Balaban J connectivity index is 1.72. The highest BCUT2D eigenvalue weighted by Gasteiger charge is 2.43. The van der Waals surface area contributed by atoms with Crippen LogP contribution in [0.4, 0.5) is 0 Å². The summed E-state index contributed by atoms with van der Waals surface area (Å²) in [5, 5.41) is 0. The normalized spacial score (nSPS) is 20.1. The molecule has 1 heterocycles. The number of rotatable bonds is 9. The fraction of sp³-hybridized carbons (Fsp3) is 0.308. The number of hydrogen-bond donors (Lipinski definition) is 0. The molecule has 2 aromatic rings. The molecule has 2 aliphatic rings. The minimum Gasteiger partial charge on any atom is -0.463 e. The molecular formula is C26H27O8P. The minimum absolute atomic E-state index is 0.139. The molecule has 0 aromatic heterocycles. The molecule has 0 unspecified atom stereocenters. The van der Waals surface area contributed by atoms with Crippen molar-refractivity contribution in [3.63, 3.8) is 0 Å². The first-order valence-electron chi connectivity index (χ1n) is 11.5. The van der Waals surface area contributed by atoms with Gasteiger partial charge in [-0.2, -0.15) is 4.57 Å². The molecule has 2 atom stereocenters. The summed E-state index contributed by atoms with van der Waals surface area (Å²) in [6, 6.07) is 17.0. The van der Waals surface area contributed by atoms with Crippen molar-refractivity contribution in [3.8, 4) is 11.5 Å². The maximum atomic E-state index is 13.9. The Labute approximate surface area is 204 Å². The van der Waals surface area contributed by atoms with Crippen molar-refractivity contribution in [2.75, 3.05) is 6.61 Å². The number of para-hydroxylation sites is 2. The second-order valence-electron chi connectivity index (χ2n) is 8.12. The van der Waals surface area contributed by atoms with E-state index in [9.17, 15) is 14.2 Å². The van der Waals surface area contributed by atoms with E-state index in [0.717, 1.165) is 0 Å². The molecule has 35 heavy (non-hydrogen) atoms. The second kappa shape index (κ2) is 10.8. The first-order valence-corrected chi connectivity index (χ1v) is 12.9. The number of hydrogen-bond acceptors (Lipinski definition) is 8. The Kier molecular flexibility index (Phi) is 7.61. The van der Waals surface area contributed by atoms with E-state index in [1.54, 1.807) is 80.6 Å². The Bertz CT molecular complexity index is 1130. The molecule has 0 amide bonds. The van der Waals surface area contributed by atoms with Gasteiger partial charge in [0.15, 0.2) is 0 Å². The molecule has 0 radical (unpaired) electrons. The number of carbonyl (C=O) groups excluding carboxylic acids is 2. The van der Waals surface area contributed by atoms with Crippen LogP contribution in [0.5, 0.6) is 11.5 Å². The number of carbonyl (C=O) groups is 2. The molecule has 0 saturated carbocycles. The smallest absolute Gasteiger partial charge is 0.463 e. The number of cyclic esters (lactones) is 1. The van der Waals surface area contributed by atoms with Crippen LogP contribution in [0.3, 0.4) is 0 Å². The highest BCUT2D eigenvalue weighted by molar-refractivity contribution is 7.49. The van der Waals surface area contributed by atoms with Gasteiger partial charge >= 0.3 is 19.8 Å². The van der Waals surface area contributed by atoms with E-state index in [1.165, 1.54) is 0 Å². The lowest BCUT2D eigenvalue weighted by atomic mass is 9.82. The molecule has 0 spiro atoms. The molecule has 2 aromatic carbocycles. The molecule has 0 N–H and O–H groups in total. The first kappa shape index (κ1) is 24.6. The van der Waals surface area contributed by atoms with Crippen LogP contribution < -0.4 is 9.05 Å². The van der Waals surface area contributed by atoms with E-state index in [1.807, 2.05) is 0 Å². The number of benzene rings is 2. The highest BCUT2D eigenvalue weighted by Crippen LogP contribution is 2.53. The summed E-state index contributed by atoms with van der Waals surface area (Å²) in [5.74, 6) is -0.865. The molecule has 0 fully saturated rings. The Morgan fingerprint density at radius 3 is 2.11 bits per heavy atom. The van der Waals surface area contributed by atoms with Gasteiger partial charge in [0.2, 0.25) is 0 Å². The average molecular weight is 498 g/mol. The quantitative estimate of drug-likeness (QED) is 0.318. The average Bonchev–Trinajstić information content (AvgIpc) is 3.18. The fourth-order valence-corrected chi connectivity index (χ4v) is 5.37. The van der Waals surface area contributed by atoms with Crippen LogP contribution in [-0.2, 0) is 28.2 Å². The van der Waals surface area contributed by atoms with Gasteiger partial charge in [-0.05, 0) is 57.0 Å². The maximum absolute atomic E-state index is 13.9. The lowest BCUT2D eigenvalue weighted by Gasteiger charge is -2.30. The first-order chi connectivity index (χ1) is 16.9. The third kappa shape index (κ3) is 5.95. The standard InChI is InChI=1S/C26H27O8P/c1-3-30-26(28)24-21(23-17-18(2)25(27)31-23)15-10-16-22(24)34-35(29,32-19-11-6-4-7-12-19)33-20-13-8-5-9-14-20/h4-9,11-14,17,21,23H,3,10,15-16H2,1-2H3/t21-,23-/m1/s1. The van der Waals surface area contributed by atoms with Gasteiger partial charge in [-0.25, -0.2) is 9.59 Å². The monoisotopic (exact) mass is 498 g/mol. The molecule has 0 bridgehead atoms. The van der Waals surface area contributed by atoms with Crippen molar-refractivity contribution in [1.29, 1.82) is 0 Å². The van der Waals surface area contributed by atoms with Gasteiger partial charge in [-0.3, -0.25) is 0 Å². The predicted octanol–water partition coefficient (Wildman–Crippen LogP) is 5.76. The van der Waals surface area contributed by atoms with Crippen molar-refractivity contribution < 1.29 is 37.2 Å². The van der Waals surface area contributed by atoms with Crippen LogP contribution in [0.2, 0.25) is 0 Å². The van der Waals surface area contributed by atoms with E-state index in [2.05, 4.69) is 0 Å². The van der Waals surface area contributed by atoms with Gasteiger partial charge in [0.1, 0.15) is 23.4 Å². The van der Waals surface area contributed by atoms with Crippen LogP contribution >= 0.6 is 7.82 Å². The Morgan fingerprint density at radius 2 is 1.60 bits per heavy atom. The fourth-order valence-electron chi connectivity index (χ4n) is 4.04. The van der Waals surface area contributed by atoms with Crippen LogP contribution in [0.15, 0.2) is 83.6 Å². The SMILES string of the molecule is CCOC(=O)C1=C(OP(=O)(Oc2ccccc2)Oc2ccccc2)CCC[C@@H]1[C@H]1C=C(C)C(=O)O1. The zero-order valence-corrected chi connectivity index (χ0v) is 20.4. The molecule has 4 rings (SSSR count). The van der Waals surface area contributed by atoms with Crippen molar-refractivity contribution in [2.24, 2.45) is 5.92 Å². The van der Waals surface area contributed by atoms with Crippen LogP contribution in [-0.4, -0.2) is 24.6 Å². The molecule has 0 saturated heterocycles. The lowest BCUT2D eigenvalue weighted by molar-refractivity contribution is -0.144. The molecule has 1 aliphatic heterocycles. The van der Waals surface area contributed by atoms with Gasteiger partial charge in [0.05, 0.1) is 12.2 Å². The van der Waals surface area contributed by atoms with Gasteiger partial charge in [0.25, 0.3) is 0 Å². The third-order valence-electron chi connectivity index (χ3n) is 5.60. The van der Waals surface area contributed by atoms with E-state index >= 15 is 0 Å². The van der Waals surface area contributed by atoms with E-state index in [0.29, 0.717) is 24.8 Å². The third-order valence-corrected chi connectivity index (χ3v) is 6.92. The maximum Gasteiger partial charge on any atom is 0.646 e. The Hall–Kier alpha value is -3.51. The number of phosphoric acid groups is 1. The minimum atomic E-state index is -4.30. The number of esters is 2. The molecule has 1 aliphatic carbocycles. The highest BCUT2D eigenvalue weighted by atomic mass is 31.2. The largest absolute Gasteiger partial charge is 0.646 e. The molecular weight excluding hydrogens is 471 g/mol. The van der Waals surface area contributed by atoms with Gasteiger partial charge in [-0.15, -0.1) is 0 Å². The summed E-state index contributed by atoms with van der Waals surface area (Å²) < 4.78 is 42.1. The van der Waals surface area contributed by atoms with E-state index in [4.69, 9.17) is 23.0 Å². The van der Waals surface area contributed by atoms with Crippen molar-refractivity contribution in [1.82, 2.24) is 0 Å². The van der Waals surface area contributed by atoms with E-state index < -0.39 is 31.8 Å². The van der Waals surface area contributed by atoms with Crippen LogP contribution in [0, 0.1) is 5.92 Å². The zero-order chi connectivity index (χ0) is 24.8. The number of ether oxygens (including phenoxy) is 2. The zero-order valence-electron chi connectivity index (χ0n) is 19.5. The summed E-state index contributed by atoms with van der Waals surface area (Å²) in [5.41, 5.74) is 0.646. The number of allylic oxidation sites excluding steroid dienone is 1. The summed E-state index contributed by atoms with van der Waals surface area (Å²) in [7, 11) is -4.30. The lowest BCUT2D eigenvalue weighted by Crippen LogP contribution is -2.31. The van der Waals surface area contributed by atoms with Crippen molar-refractivity contribution in [3.05, 3.63) is 83.6 Å². The van der Waals surface area contributed by atoms with Gasteiger partial charge in [-0.1, -0.05) is 36.4 Å². The number of phosphoric ester groups is 1. The summed E-state index contributed by atoms with van der Waals surface area (Å²) in [4.78, 5) is 25.1. The predicted molar refractivity (Wildman–Crippen MR) is 127 cm³/mol. The summed E-state index contributed by atoms with van der Waals surface area (Å²) >= 11 is 0.